The van der Waals surface area contributed by atoms with Crippen LogP contribution < -0.4 is 27.8 Å². The lowest BCUT2D eigenvalue weighted by molar-refractivity contribution is 1.09. The van der Waals surface area contributed by atoms with Gasteiger partial charge in [-0.05, 0) is 35.9 Å². The molecule has 3 aromatic heterocycles. The van der Waals surface area contributed by atoms with Crippen LogP contribution in [0.25, 0.3) is 10.9 Å². The maximum Gasteiger partial charge on any atom is 0.171 e. The molecule has 3 heterocycles. The van der Waals surface area contributed by atoms with Gasteiger partial charge in [-0.25, -0.2) is 15.0 Å². The lowest BCUT2D eigenvalue weighted by Crippen LogP contribution is -2.08. The molecule has 0 fully saturated rings. The molecule has 8 N–H and O–H groups in total. The van der Waals surface area contributed by atoms with Crippen molar-refractivity contribution in [3.63, 3.8) is 0 Å². The molecule has 9 nitrogen and oxygen atoms in total. The first-order chi connectivity index (χ1) is 13.7. The van der Waals surface area contributed by atoms with Gasteiger partial charge >= 0.3 is 0 Å². The molecule has 0 unspecified atom stereocenters. The van der Waals surface area contributed by atoms with E-state index in [1.807, 2.05) is 43.4 Å². The molecule has 29 heavy (non-hydrogen) atoms. The van der Waals surface area contributed by atoms with Crippen molar-refractivity contribution < 1.29 is 2.85 Å². The monoisotopic (exact) mass is 393 g/mol. The first-order valence-electron chi connectivity index (χ1n) is 8.82. The van der Waals surface area contributed by atoms with Gasteiger partial charge in [-0.3, -0.25) is 4.98 Å². The van der Waals surface area contributed by atoms with Gasteiger partial charge in [0.2, 0.25) is 0 Å². The van der Waals surface area contributed by atoms with E-state index in [-0.39, 0.29) is 9.00 Å². The minimum Gasteiger partial charge on any atom is -0.381 e. The first kappa shape index (κ1) is 19.8. The molecule has 1 aromatic carbocycles. The van der Waals surface area contributed by atoms with Gasteiger partial charge in [0, 0.05) is 28.0 Å². The number of hydrogen-bond donors (Lipinski definition) is 5. The quantitative estimate of drug-likeness (QED) is 0.327. The summed E-state index contributed by atoms with van der Waals surface area (Å²) in [5.74, 6) is 2.24. The van der Waals surface area contributed by atoms with E-state index in [0.717, 1.165) is 28.0 Å². The van der Waals surface area contributed by atoms with E-state index in [1.165, 1.54) is 0 Å². The van der Waals surface area contributed by atoms with E-state index in [0.29, 0.717) is 24.0 Å². The van der Waals surface area contributed by atoms with Crippen molar-refractivity contribution in [3.8, 4) is 0 Å². The topological polar surface area (TPSA) is 149 Å². The highest BCUT2D eigenvalue weighted by molar-refractivity contribution is 5.79. The van der Waals surface area contributed by atoms with Crippen LogP contribution in [0.5, 0.6) is 0 Å². The second-order valence-electron chi connectivity index (χ2n) is 6.18. The summed E-state index contributed by atoms with van der Waals surface area (Å²) in [6, 6.07) is 13.9. The number of nitrogens with zero attached hydrogens (tertiary/aromatic N) is 4. The van der Waals surface area contributed by atoms with Crippen LogP contribution in [0.3, 0.4) is 0 Å². The van der Waals surface area contributed by atoms with Crippen molar-refractivity contribution in [3.05, 3.63) is 66.6 Å². The van der Waals surface area contributed by atoms with E-state index in [2.05, 4.69) is 42.0 Å². The molecule has 0 atom stereocenters. The molecule has 0 radical (unpaired) electrons. The van der Waals surface area contributed by atoms with Gasteiger partial charge in [0.1, 0.15) is 5.82 Å². The molecule has 0 spiro atoms. The lowest BCUT2D eigenvalue weighted by atomic mass is 10.1. The third kappa shape index (κ3) is 4.66. The zero-order valence-electron chi connectivity index (χ0n) is 16.1. The van der Waals surface area contributed by atoms with Crippen LogP contribution >= 0.6 is 0 Å². The van der Waals surface area contributed by atoms with Crippen molar-refractivity contribution in [2.75, 3.05) is 28.7 Å². The summed E-state index contributed by atoms with van der Waals surface area (Å²) in [7, 11) is 1.82. The normalized spacial score (nSPS) is 10.2. The van der Waals surface area contributed by atoms with Crippen molar-refractivity contribution in [2.45, 2.75) is 6.54 Å². The van der Waals surface area contributed by atoms with Crippen LogP contribution in [0.15, 0.2) is 61.1 Å². The third-order valence-corrected chi connectivity index (χ3v) is 4.22. The maximum atomic E-state index is 5.98. The van der Waals surface area contributed by atoms with Gasteiger partial charge in [-0.2, -0.15) is 0 Å². The molecule has 0 aliphatic rings. The minimum atomic E-state index is 0. The predicted octanol–water partition coefficient (Wildman–Crippen LogP) is 4.05. The summed E-state index contributed by atoms with van der Waals surface area (Å²) in [5, 5.41) is 10.5. The number of fused-ring (bicyclic) bond motifs is 1. The number of anilines is 5. The van der Waals surface area contributed by atoms with Gasteiger partial charge in [0.25, 0.3) is 0 Å². The highest BCUT2D eigenvalue weighted by Gasteiger charge is 2.06. The fraction of sp³-hybridized carbons (Fsp3) is 0.100. The second-order valence-corrected chi connectivity index (χ2v) is 6.18. The summed E-state index contributed by atoms with van der Waals surface area (Å²) >= 11 is 0. The number of pyridine rings is 2. The molecule has 0 aliphatic carbocycles. The maximum absolute atomic E-state index is 5.98. The molecule has 152 valence electrons. The van der Waals surface area contributed by atoms with Crippen LogP contribution in [0.4, 0.5) is 29.0 Å². The van der Waals surface area contributed by atoms with Gasteiger partial charge < -0.3 is 27.8 Å². The van der Waals surface area contributed by atoms with E-state index in [1.54, 1.807) is 18.6 Å². The summed E-state index contributed by atoms with van der Waals surface area (Å²) in [5.41, 5.74) is 8.86. The lowest BCUT2D eigenvalue weighted by Gasteiger charge is -2.11. The Morgan fingerprint density at radius 1 is 1.00 bits per heavy atom. The zero-order chi connectivity index (χ0) is 19.3. The molecule has 9 heteroatoms. The van der Waals surface area contributed by atoms with Crippen molar-refractivity contribution >= 4 is 39.9 Å². The number of benzene rings is 1. The Kier molecular flexibility index (Phi) is 6.00. The average Bonchev–Trinajstić information content (AvgIpc) is 2.74. The average molecular weight is 393 g/mol. The largest absolute Gasteiger partial charge is 0.381 e. The van der Waals surface area contributed by atoms with Gasteiger partial charge in [-0.15, -0.1) is 0 Å². The van der Waals surface area contributed by atoms with Crippen molar-refractivity contribution in [1.29, 1.82) is 0 Å². The van der Waals surface area contributed by atoms with E-state index >= 15 is 0 Å². The number of nitrogens with one attached hydrogen (secondary N) is 3. The Labute approximate surface area is 171 Å². The summed E-state index contributed by atoms with van der Waals surface area (Å²) in [6.45, 7) is 0.575. The summed E-state index contributed by atoms with van der Waals surface area (Å²) in [6.07, 6.45) is 5.10. The van der Waals surface area contributed by atoms with E-state index < -0.39 is 0 Å². The molecular weight excluding hydrogens is 366 g/mol. The fourth-order valence-electron chi connectivity index (χ4n) is 2.77. The third-order valence-electron chi connectivity index (χ3n) is 4.22. The molecule has 0 saturated heterocycles. The molecule has 4 rings (SSSR count). The van der Waals surface area contributed by atoms with Crippen molar-refractivity contribution in [2.24, 2.45) is 0 Å². The van der Waals surface area contributed by atoms with Crippen LogP contribution in [0, 0.1) is 0 Å². The molecule has 0 amide bonds. The predicted molar refractivity (Wildman–Crippen MR) is 122 cm³/mol. The van der Waals surface area contributed by atoms with Crippen molar-refractivity contribution in [1.82, 2.24) is 26.1 Å². The molecular formula is C20H27N9. The summed E-state index contributed by atoms with van der Waals surface area (Å²) in [4.78, 5) is 17.3. The van der Waals surface area contributed by atoms with Gasteiger partial charge in [0.05, 0.1) is 23.6 Å². The van der Waals surface area contributed by atoms with Crippen LogP contribution in [0.1, 0.15) is 8.42 Å². The molecule has 4 aromatic rings. The van der Waals surface area contributed by atoms with Gasteiger partial charge in [0.15, 0.2) is 17.5 Å². The van der Waals surface area contributed by atoms with E-state index in [4.69, 9.17) is 5.73 Å². The fourth-order valence-corrected chi connectivity index (χ4v) is 2.77. The highest BCUT2D eigenvalue weighted by atomic mass is 15.1. The van der Waals surface area contributed by atoms with Gasteiger partial charge in [-0.1, -0.05) is 12.1 Å². The standard InChI is InChI=1S/C20H20N8.H3N.2H2/c1-22-17-7-5-15(11-24-17)27-18-12-25-19(21)20(28-18)26-10-13-4-6-16-14(9-13)3-2-8-23-16;;;/h2-9,11-12H,10H2,1H3,(H2,21,25)(H,22,24)(H2,26,27,28);1H3;2*1H. The number of aromatic nitrogens is 4. The number of nitrogens with two attached hydrogens (primary N) is 1. The molecule has 0 bridgehead atoms. The Morgan fingerprint density at radius 2 is 1.90 bits per heavy atom. The smallest absolute Gasteiger partial charge is 0.171 e. The number of hydrogen-bond acceptors (Lipinski definition) is 9. The molecule has 0 saturated carbocycles. The Morgan fingerprint density at radius 3 is 2.69 bits per heavy atom. The zero-order valence-corrected chi connectivity index (χ0v) is 16.1. The second kappa shape index (κ2) is 8.81. The summed E-state index contributed by atoms with van der Waals surface area (Å²) < 4.78 is 0. The SMILES string of the molecule is CNc1ccc(Nc2cnc(N)c(NCc3ccc4ncccc4c3)n2)cn1.N.[HH].[HH]. The highest BCUT2D eigenvalue weighted by Crippen LogP contribution is 2.21. The van der Waals surface area contributed by atoms with Crippen LogP contribution in [-0.2, 0) is 6.54 Å². The van der Waals surface area contributed by atoms with Crippen LogP contribution in [0.2, 0.25) is 0 Å². The Balaban J connectivity index is 0.00000160. The molecule has 0 aliphatic heterocycles. The van der Waals surface area contributed by atoms with E-state index in [9.17, 15) is 0 Å². The first-order valence-corrected chi connectivity index (χ1v) is 8.82. The number of rotatable bonds is 6. The Bertz CT molecular complexity index is 1110. The van der Waals surface area contributed by atoms with Crippen LogP contribution in [-0.4, -0.2) is 27.0 Å². The Hall–Kier alpha value is -3.98. The number of nitrogen functional groups attached to an aromatic ring is 1. The minimum absolute atomic E-state index is 0.